The largest absolute Gasteiger partial charge is 0.507 e. The molecule has 2 aromatic rings. The van der Waals surface area contributed by atoms with E-state index in [1.807, 2.05) is 26.0 Å². The molecule has 0 radical (unpaired) electrons. The van der Waals surface area contributed by atoms with Gasteiger partial charge in [0.05, 0.1) is 5.56 Å². The fraction of sp³-hybridized carbons (Fsp3) is 0.318. The Kier molecular flexibility index (Phi) is 6.15. The first-order valence-electron chi connectivity index (χ1n) is 9.29. The second-order valence-corrected chi connectivity index (χ2v) is 7.68. The molecule has 1 atom stereocenters. The summed E-state index contributed by atoms with van der Waals surface area (Å²) in [6.07, 6.45) is 0.884. The second-order valence-electron chi connectivity index (χ2n) is 7.24. The van der Waals surface area contributed by atoms with E-state index in [1.165, 1.54) is 0 Å². The highest BCUT2D eigenvalue weighted by molar-refractivity contribution is 6.30. The highest BCUT2D eigenvalue weighted by Gasteiger charge is 2.28. The molecule has 1 aliphatic rings. The van der Waals surface area contributed by atoms with E-state index in [1.54, 1.807) is 29.2 Å². The standard InChI is InChI=1S/C22H25ClN2O3/c1-14-4-7-20(26)19(10-14)22(27)25-9-8-17(13-25)12-24-16(3)28-21-11-18(23)6-5-15(21)2/h4-7,10-11,17,24,26H,3,8-9,12-13H2,1-2H3. The van der Waals surface area contributed by atoms with Gasteiger partial charge in [0.25, 0.3) is 5.91 Å². The first-order chi connectivity index (χ1) is 13.3. The maximum atomic E-state index is 12.7. The van der Waals surface area contributed by atoms with Crippen LogP contribution in [0.1, 0.15) is 27.9 Å². The predicted octanol–water partition coefficient (Wildman–Crippen LogP) is 4.26. The summed E-state index contributed by atoms with van der Waals surface area (Å²) in [5, 5.41) is 13.8. The number of hydrogen-bond acceptors (Lipinski definition) is 4. The van der Waals surface area contributed by atoms with Crippen molar-refractivity contribution in [3.05, 3.63) is 70.6 Å². The summed E-state index contributed by atoms with van der Waals surface area (Å²) >= 11 is 6.01. The van der Waals surface area contributed by atoms with Crippen LogP contribution in [-0.4, -0.2) is 35.5 Å². The van der Waals surface area contributed by atoms with Crippen LogP contribution in [0.5, 0.6) is 11.5 Å². The number of phenols is 1. The van der Waals surface area contributed by atoms with Crippen LogP contribution in [-0.2, 0) is 0 Å². The van der Waals surface area contributed by atoms with Crippen molar-refractivity contribution in [2.24, 2.45) is 5.92 Å². The molecule has 5 nitrogen and oxygen atoms in total. The molecule has 148 valence electrons. The third-order valence-electron chi connectivity index (χ3n) is 4.93. The lowest BCUT2D eigenvalue weighted by atomic mass is 10.1. The van der Waals surface area contributed by atoms with E-state index in [0.717, 1.165) is 17.5 Å². The van der Waals surface area contributed by atoms with Crippen molar-refractivity contribution in [2.45, 2.75) is 20.3 Å². The Hall–Kier alpha value is -2.66. The molecule has 0 saturated carbocycles. The maximum Gasteiger partial charge on any atom is 0.257 e. The Morgan fingerprint density at radius 3 is 2.89 bits per heavy atom. The molecule has 0 aromatic heterocycles. The van der Waals surface area contributed by atoms with Gasteiger partial charge in [-0.25, -0.2) is 0 Å². The number of amides is 1. The summed E-state index contributed by atoms with van der Waals surface area (Å²) in [5.74, 6) is 1.30. The Morgan fingerprint density at radius 2 is 2.11 bits per heavy atom. The zero-order chi connectivity index (χ0) is 20.3. The molecule has 0 bridgehead atoms. The molecule has 1 unspecified atom stereocenters. The number of halogens is 1. The summed E-state index contributed by atoms with van der Waals surface area (Å²) in [6.45, 7) is 9.71. The molecular weight excluding hydrogens is 376 g/mol. The highest BCUT2D eigenvalue weighted by atomic mass is 35.5. The van der Waals surface area contributed by atoms with Gasteiger partial charge in [-0.1, -0.05) is 29.3 Å². The number of nitrogens with zero attached hydrogens (tertiary/aromatic N) is 1. The second kappa shape index (κ2) is 8.57. The van der Waals surface area contributed by atoms with Crippen molar-refractivity contribution in [3.8, 4) is 11.5 Å². The summed E-state index contributed by atoms with van der Waals surface area (Å²) in [6, 6.07) is 10.6. The van der Waals surface area contributed by atoms with E-state index in [2.05, 4.69) is 11.9 Å². The fourth-order valence-corrected chi connectivity index (χ4v) is 3.45. The molecule has 2 N–H and O–H groups in total. The van der Waals surface area contributed by atoms with E-state index in [9.17, 15) is 9.90 Å². The fourth-order valence-electron chi connectivity index (χ4n) is 3.29. The zero-order valence-corrected chi connectivity index (χ0v) is 16.9. The summed E-state index contributed by atoms with van der Waals surface area (Å²) in [7, 11) is 0. The van der Waals surface area contributed by atoms with Crippen LogP contribution in [0.4, 0.5) is 0 Å². The molecule has 1 fully saturated rings. The summed E-state index contributed by atoms with van der Waals surface area (Å²) < 4.78 is 5.75. The number of likely N-dealkylation sites (tertiary alicyclic amines) is 1. The van der Waals surface area contributed by atoms with E-state index in [4.69, 9.17) is 16.3 Å². The van der Waals surface area contributed by atoms with Crippen LogP contribution in [0.25, 0.3) is 0 Å². The van der Waals surface area contributed by atoms with E-state index < -0.39 is 0 Å². The lowest BCUT2D eigenvalue weighted by Gasteiger charge is -2.19. The number of benzene rings is 2. The summed E-state index contributed by atoms with van der Waals surface area (Å²) in [5.41, 5.74) is 2.28. The molecule has 1 heterocycles. The van der Waals surface area contributed by atoms with Crippen molar-refractivity contribution in [1.82, 2.24) is 10.2 Å². The molecule has 0 aliphatic carbocycles. The SMILES string of the molecule is C=C(NCC1CCN(C(=O)c2cc(C)ccc2O)C1)Oc1cc(Cl)ccc1C. The molecule has 2 aromatic carbocycles. The number of hydrogen-bond donors (Lipinski definition) is 2. The van der Waals surface area contributed by atoms with Gasteiger partial charge >= 0.3 is 0 Å². The van der Waals surface area contributed by atoms with Gasteiger partial charge in [0.1, 0.15) is 11.5 Å². The number of ether oxygens (including phenoxy) is 1. The van der Waals surface area contributed by atoms with E-state index in [-0.39, 0.29) is 17.6 Å². The first kappa shape index (κ1) is 20.1. The van der Waals surface area contributed by atoms with Crippen LogP contribution < -0.4 is 10.1 Å². The average molecular weight is 401 g/mol. The van der Waals surface area contributed by atoms with Gasteiger partial charge in [0.2, 0.25) is 0 Å². The topological polar surface area (TPSA) is 61.8 Å². The Labute approximate surface area is 170 Å². The van der Waals surface area contributed by atoms with Crippen molar-refractivity contribution < 1.29 is 14.6 Å². The predicted molar refractivity (Wildman–Crippen MR) is 111 cm³/mol. The molecule has 28 heavy (non-hydrogen) atoms. The number of carbonyl (C=O) groups excluding carboxylic acids is 1. The molecule has 3 rings (SSSR count). The van der Waals surface area contributed by atoms with Gasteiger partial charge in [-0.15, -0.1) is 0 Å². The number of phenolic OH excluding ortho intramolecular Hbond substituents is 1. The first-order valence-corrected chi connectivity index (χ1v) is 9.67. The molecule has 0 spiro atoms. The van der Waals surface area contributed by atoms with Crippen molar-refractivity contribution in [2.75, 3.05) is 19.6 Å². The Morgan fingerprint density at radius 1 is 1.32 bits per heavy atom. The van der Waals surface area contributed by atoms with Crippen LogP contribution in [0.2, 0.25) is 5.02 Å². The van der Waals surface area contributed by atoms with Crippen molar-refractivity contribution in [3.63, 3.8) is 0 Å². The van der Waals surface area contributed by atoms with Crippen LogP contribution >= 0.6 is 11.6 Å². The van der Waals surface area contributed by atoms with Crippen molar-refractivity contribution in [1.29, 1.82) is 0 Å². The molecule has 1 aliphatic heterocycles. The number of carbonyl (C=O) groups is 1. The third-order valence-corrected chi connectivity index (χ3v) is 5.16. The lowest BCUT2D eigenvalue weighted by molar-refractivity contribution is 0.0784. The Bertz CT molecular complexity index is 897. The van der Waals surface area contributed by atoms with Gasteiger partial charge in [0, 0.05) is 24.7 Å². The maximum absolute atomic E-state index is 12.7. The Balaban J connectivity index is 1.52. The van der Waals surface area contributed by atoms with Gasteiger partial charge in [-0.05, 0) is 62.6 Å². The van der Waals surface area contributed by atoms with Crippen molar-refractivity contribution >= 4 is 17.5 Å². The normalized spacial score (nSPS) is 16.1. The quantitative estimate of drug-likeness (QED) is 0.711. The minimum atomic E-state index is -0.131. The monoisotopic (exact) mass is 400 g/mol. The molecular formula is C22H25ClN2O3. The number of nitrogens with one attached hydrogen (secondary N) is 1. The van der Waals surface area contributed by atoms with E-state index >= 15 is 0 Å². The molecule has 1 amide bonds. The van der Waals surface area contributed by atoms with E-state index in [0.29, 0.717) is 41.9 Å². The average Bonchev–Trinajstić information content (AvgIpc) is 3.13. The van der Waals surface area contributed by atoms with Crippen LogP contribution in [0.3, 0.4) is 0 Å². The van der Waals surface area contributed by atoms with Gasteiger partial charge in [-0.2, -0.15) is 0 Å². The van der Waals surface area contributed by atoms with Crippen LogP contribution in [0, 0.1) is 19.8 Å². The minimum absolute atomic E-state index is 0.0239. The van der Waals surface area contributed by atoms with Gasteiger partial charge < -0.3 is 20.1 Å². The van der Waals surface area contributed by atoms with Gasteiger partial charge in [0.15, 0.2) is 5.88 Å². The van der Waals surface area contributed by atoms with Crippen LogP contribution in [0.15, 0.2) is 48.9 Å². The molecule has 1 saturated heterocycles. The number of rotatable bonds is 6. The third kappa shape index (κ3) is 4.78. The number of aromatic hydroxyl groups is 1. The lowest BCUT2D eigenvalue weighted by Crippen LogP contribution is -2.31. The van der Waals surface area contributed by atoms with Gasteiger partial charge in [-0.3, -0.25) is 4.79 Å². The zero-order valence-electron chi connectivity index (χ0n) is 16.2. The summed E-state index contributed by atoms with van der Waals surface area (Å²) in [4.78, 5) is 14.5. The minimum Gasteiger partial charge on any atom is -0.507 e. The number of aryl methyl sites for hydroxylation is 2. The highest BCUT2D eigenvalue weighted by Crippen LogP contribution is 2.25. The molecule has 6 heteroatoms. The smallest absolute Gasteiger partial charge is 0.257 e.